The fourth-order valence-electron chi connectivity index (χ4n) is 3.26. The van der Waals surface area contributed by atoms with Gasteiger partial charge in [0.05, 0.1) is 11.9 Å². The summed E-state index contributed by atoms with van der Waals surface area (Å²) in [4.78, 5) is 16.5. The first-order chi connectivity index (χ1) is 12.3. The van der Waals surface area contributed by atoms with Crippen molar-refractivity contribution in [1.82, 2.24) is 20.5 Å². The van der Waals surface area contributed by atoms with Gasteiger partial charge in [0.2, 0.25) is 0 Å². The highest BCUT2D eigenvalue weighted by Crippen LogP contribution is 2.27. The molecule has 2 aromatic heterocycles. The van der Waals surface area contributed by atoms with Crippen LogP contribution >= 0.6 is 0 Å². The van der Waals surface area contributed by atoms with Crippen LogP contribution in [-0.4, -0.2) is 27.3 Å². The number of aromatic amines is 1. The van der Waals surface area contributed by atoms with Crippen LogP contribution in [-0.2, 0) is 12.8 Å². The Labute approximate surface area is 145 Å². The molecule has 3 N–H and O–H groups in total. The Morgan fingerprint density at radius 2 is 2.00 bits per heavy atom. The smallest absolute Gasteiger partial charge is 0.319 e. The van der Waals surface area contributed by atoms with E-state index in [0.29, 0.717) is 0 Å². The van der Waals surface area contributed by atoms with Crippen LogP contribution in [0.3, 0.4) is 0 Å². The SMILES string of the molecule is O=C(Nc1ccccc1-c1ccncc1)N[C@H]1CCc2[nH]ncc2C1. The number of rotatable bonds is 3. The number of H-pyrrole nitrogens is 1. The minimum Gasteiger partial charge on any atom is -0.335 e. The quantitative estimate of drug-likeness (QED) is 0.688. The first kappa shape index (κ1) is 15.4. The van der Waals surface area contributed by atoms with Gasteiger partial charge < -0.3 is 10.6 Å². The van der Waals surface area contributed by atoms with Crippen molar-refractivity contribution < 1.29 is 4.79 Å². The van der Waals surface area contributed by atoms with Crippen molar-refractivity contribution in [2.24, 2.45) is 0 Å². The second-order valence-electron chi connectivity index (χ2n) is 6.19. The highest BCUT2D eigenvalue weighted by molar-refractivity contribution is 5.94. The average molecular weight is 333 g/mol. The lowest BCUT2D eigenvalue weighted by atomic mass is 9.94. The standard InChI is InChI=1S/C19H19N5O/c25-19(22-15-5-6-17-14(11-15)12-21-24-17)23-18-4-2-1-3-16(18)13-7-9-20-10-8-13/h1-4,7-10,12,15H,5-6,11H2,(H,21,24)(H2,22,23,25)/t15-/m0/s1. The molecular formula is C19H19N5O. The van der Waals surface area contributed by atoms with Crippen molar-refractivity contribution in [1.29, 1.82) is 0 Å². The van der Waals surface area contributed by atoms with Crippen LogP contribution in [0.5, 0.6) is 0 Å². The highest BCUT2D eigenvalue weighted by atomic mass is 16.2. The van der Waals surface area contributed by atoms with Crippen LogP contribution in [0.2, 0.25) is 0 Å². The Bertz CT molecular complexity index is 874. The first-order valence-corrected chi connectivity index (χ1v) is 8.37. The molecule has 0 saturated carbocycles. The molecule has 0 spiro atoms. The number of hydrogen-bond acceptors (Lipinski definition) is 3. The van der Waals surface area contributed by atoms with Gasteiger partial charge in [-0.15, -0.1) is 0 Å². The van der Waals surface area contributed by atoms with E-state index in [1.54, 1.807) is 12.4 Å². The third-order valence-corrected chi connectivity index (χ3v) is 4.52. The minimum absolute atomic E-state index is 0.123. The number of nitrogens with one attached hydrogen (secondary N) is 3. The number of anilines is 1. The lowest BCUT2D eigenvalue weighted by molar-refractivity contribution is 0.247. The molecule has 6 heteroatoms. The predicted molar refractivity (Wildman–Crippen MR) is 96.2 cm³/mol. The van der Waals surface area contributed by atoms with E-state index in [-0.39, 0.29) is 12.1 Å². The summed E-state index contributed by atoms with van der Waals surface area (Å²) in [5.41, 5.74) is 5.15. The molecular weight excluding hydrogens is 314 g/mol. The molecule has 0 saturated heterocycles. The molecule has 0 aliphatic heterocycles. The molecule has 1 aliphatic rings. The summed E-state index contributed by atoms with van der Waals surface area (Å²) in [6.45, 7) is 0. The van der Waals surface area contributed by atoms with Gasteiger partial charge >= 0.3 is 6.03 Å². The first-order valence-electron chi connectivity index (χ1n) is 8.37. The van der Waals surface area contributed by atoms with Crippen molar-refractivity contribution >= 4 is 11.7 Å². The number of hydrogen-bond donors (Lipinski definition) is 3. The monoisotopic (exact) mass is 333 g/mol. The molecule has 2 heterocycles. The molecule has 0 radical (unpaired) electrons. The van der Waals surface area contributed by atoms with E-state index < -0.39 is 0 Å². The number of nitrogens with zero attached hydrogens (tertiary/aromatic N) is 2. The van der Waals surface area contributed by atoms with E-state index in [2.05, 4.69) is 25.8 Å². The topological polar surface area (TPSA) is 82.7 Å². The second-order valence-corrected chi connectivity index (χ2v) is 6.19. The van der Waals surface area contributed by atoms with Crippen molar-refractivity contribution in [3.05, 3.63) is 66.2 Å². The van der Waals surface area contributed by atoms with E-state index in [0.717, 1.165) is 36.1 Å². The Morgan fingerprint density at radius 3 is 2.88 bits per heavy atom. The molecule has 3 aromatic rings. The largest absolute Gasteiger partial charge is 0.335 e. The lowest BCUT2D eigenvalue weighted by Gasteiger charge is -2.23. The van der Waals surface area contributed by atoms with Crippen LogP contribution in [0.4, 0.5) is 10.5 Å². The van der Waals surface area contributed by atoms with Gasteiger partial charge in [0, 0.05) is 29.7 Å². The number of carbonyl (C=O) groups is 1. The number of amides is 2. The van der Waals surface area contributed by atoms with Crippen LogP contribution < -0.4 is 10.6 Å². The number of para-hydroxylation sites is 1. The number of carbonyl (C=O) groups excluding carboxylic acids is 1. The summed E-state index contributed by atoms with van der Waals surface area (Å²) in [5.74, 6) is 0. The number of aryl methyl sites for hydroxylation is 1. The van der Waals surface area contributed by atoms with Crippen LogP contribution in [0.25, 0.3) is 11.1 Å². The number of urea groups is 1. The van der Waals surface area contributed by atoms with Crippen LogP contribution in [0.15, 0.2) is 55.0 Å². The Hall–Kier alpha value is -3.15. The highest BCUT2D eigenvalue weighted by Gasteiger charge is 2.21. The van der Waals surface area contributed by atoms with Gasteiger partial charge in [-0.05, 0) is 48.6 Å². The maximum absolute atomic E-state index is 12.5. The molecule has 0 fully saturated rings. The molecule has 0 unspecified atom stereocenters. The average Bonchev–Trinajstić information content (AvgIpc) is 3.10. The molecule has 4 rings (SSSR count). The van der Waals surface area contributed by atoms with E-state index >= 15 is 0 Å². The minimum atomic E-state index is -0.182. The molecule has 25 heavy (non-hydrogen) atoms. The summed E-state index contributed by atoms with van der Waals surface area (Å²) in [6, 6.07) is 11.6. The summed E-state index contributed by atoms with van der Waals surface area (Å²) >= 11 is 0. The number of aromatic nitrogens is 3. The number of benzene rings is 1. The van der Waals surface area contributed by atoms with Crippen molar-refractivity contribution in [2.45, 2.75) is 25.3 Å². The number of fused-ring (bicyclic) bond motifs is 1. The Balaban J connectivity index is 1.45. The van der Waals surface area contributed by atoms with E-state index in [1.165, 1.54) is 11.3 Å². The van der Waals surface area contributed by atoms with Crippen molar-refractivity contribution in [3.8, 4) is 11.1 Å². The van der Waals surface area contributed by atoms with Gasteiger partial charge in [-0.25, -0.2) is 4.79 Å². The van der Waals surface area contributed by atoms with Crippen molar-refractivity contribution in [3.63, 3.8) is 0 Å². The molecule has 1 aliphatic carbocycles. The van der Waals surface area contributed by atoms with Gasteiger partial charge in [-0.3, -0.25) is 10.1 Å². The molecule has 1 aromatic carbocycles. The van der Waals surface area contributed by atoms with Gasteiger partial charge in [-0.1, -0.05) is 18.2 Å². The van der Waals surface area contributed by atoms with E-state index in [9.17, 15) is 4.79 Å². The molecule has 126 valence electrons. The van der Waals surface area contributed by atoms with Gasteiger partial charge in [0.15, 0.2) is 0 Å². The Morgan fingerprint density at radius 1 is 1.16 bits per heavy atom. The summed E-state index contributed by atoms with van der Waals surface area (Å²) < 4.78 is 0. The third-order valence-electron chi connectivity index (χ3n) is 4.52. The third kappa shape index (κ3) is 3.38. The van der Waals surface area contributed by atoms with Gasteiger partial charge in [-0.2, -0.15) is 5.10 Å². The zero-order valence-corrected chi connectivity index (χ0v) is 13.7. The lowest BCUT2D eigenvalue weighted by Crippen LogP contribution is -2.41. The van der Waals surface area contributed by atoms with Gasteiger partial charge in [0.1, 0.15) is 0 Å². The Kier molecular flexibility index (Phi) is 4.16. The van der Waals surface area contributed by atoms with E-state index in [4.69, 9.17) is 0 Å². The van der Waals surface area contributed by atoms with Crippen LogP contribution in [0.1, 0.15) is 17.7 Å². The van der Waals surface area contributed by atoms with E-state index in [1.807, 2.05) is 42.6 Å². The number of pyridine rings is 1. The molecule has 6 nitrogen and oxygen atoms in total. The summed E-state index contributed by atoms with van der Waals surface area (Å²) in [6.07, 6.45) is 7.97. The van der Waals surface area contributed by atoms with Gasteiger partial charge in [0.25, 0.3) is 0 Å². The fourth-order valence-corrected chi connectivity index (χ4v) is 3.26. The summed E-state index contributed by atoms with van der Waals surface area (Å²) in [7, 11) is 0. The van der Waals surface area contributed by atoms with Crippen molar-refractivity contribution in [2.75, 3.05) is 5.32 Å². The zero-order chi connectivity index (χ0) is 17.1. The molecule has 2 amide bonds. The normalized spacial score (nSPS) is 16.1. The fraction of sp³-hybridized carbons (Fsp3) is 0.211. The molecule has 0 bridgehead atoms. The maximum atomic E-state index is 12.5. The predicted octanol–water partition coefficient (Wildman–Crippen LogP) is 3.15. The zero-order valence-electron chi connectivity index (χ0n) is 13.7. The van der Waals surface area contributed by atoms with Crippen LogP contribution in [0, 0.1) is 0 Å². The maximum Gasteiger partial charge on any atom is 0.319 e. The summed E-state index contributed by atoms with van der Waals surface area (Å²) in [5, 5.41) is 13.1. The molecule has 1 atom stereocenters. The second kappa shape index (κ2) is 6.76.